The third kappa shape index (κ3) is 12.6. The highest BCUT2D eigenvalue weighted by Crippen LogP contribution is 2.43. The zero-order valence-electron chi connectivity index (χ0n) is 39.3. The van der Waals surface area contributed by atoms with E-state index in [1.165, 1.54) is 12.1 Å². The van der Waals surface area contributed by atoms with Gasteiger partial charge in [-0.25, -0.2) is 21.6 Å². The predicted octanol–water partition coefficient (Wildman–Crippen LogP) is 9.61. The molecule has 5 aromatic carbocycles. The van der Waals surface area contributed by atoms with Crippen molar-refractivity contribution in [1.29, 1.82) is 0 Å². The number of nitro benzene ring substituents is 1. The van der Waals surface area contributed by atoms with Crippen molar-refractivity contribution in [3.05, 3.63) is 148 Å². The van der Waals surface area contributed by atoms with Gasteiger partial charge < -0.3 is 24.6 Å². The largest absolute Gasteiger partial charge is 0.376 e. The number of nitrogens with one attached hydrogen (secondary N) is 3. The first-order valence-electron chi connectivity index (χ1n) is 22.4. The Morgan fingerprint density at radius 3 is 2.09 bits per heavy atom. The van der Waals surface area contributed by atoms with Crippen molar-refractivity contribution in [2.45, 2.75) is 49.1 Å². The van der Waals surface area contributed by atoms with Crippen molar-refractivity contribution in [2.24, 2.45) is 0 Å². The molecule has 1 saturated heterocycles. The molecule has 69 heavy (non-hydrogen) atoms. The van der Waals surface area contributed by atoms with E-state index in [0.29, 0.717) is 60.3 Å². The number of hydrogen-bond donors (Lipinski definition) is 3. The van der Waals surface area contributed by atoms with Crippen LogP contribution in [0.1, 0.15) is 42.4 Å². The molecule has 0 radical (unpaired) electrons. The molecule has 19 heteroatoms. The Bertz CT molecular complexity index is 3020. The van der Waals surface area contributed by atoms with Crippen LogP contribution < -0.4 is 24.6 Å². The second-order valence-electron chi connectivity index (χ2n) is 17.5. The molecule has 1 aliphatic heterocycles. The molecule has 364 valence electrons. The fourth-order valence-electron chi connectivity index (χ4n) is 8.55. The molecule has 6 aromatic rings. The van der Waals surface area contributed by atoms with Crippen molar-refractivity contribution in [2.75, 3.05) is 78.7 Å². The third-order valence-electron chi connectivity index (χ3n) is 11.8. The maximum absolute atomic E-state index is 13.8. The number of nitrogens with zero attached hydrogens (tertiary/aromatic N) is 5. The number of amides is 1. The van der Waals surface area contributed by atoms with Gasteiger partial charge in [0, 0.05) is 88.3 Å². The van der Waals surface area contributed by atoms with Gasteiger partial charge in [-0.1, -0.05) is 54.1 Å². The highest BCUT2D eigenvalue weighted by molar-refractivity contribution is 7.99. The minimum atomic E-state index is -4.19. The van der Waals surface area contributed by atoms with Gasteiger partial charge in [-0.3, -0.25) is 19.6 Å². The van der Waals surface area contributed by atoms with Crippen LogP contribution >= 0.6 is 23.4 Å². The fourth-order valence-corrected chi connectivity index (χ4v) is 11.2. The Kier molecular flexibility index (Phi) is 16.0. The zero-order chi connectivity index (χ0) is 49.6. The van der Waals surface area contributed by atoms with E-state index in [2.05, 4.69) is 29.1 Å². The number of piperazine rings is 1. The summed E-state index contributed by atoms with van der Waals surface area (Å²) in [6, 6.07) is 35.9. The second-order valence-corrected chi connectivity index (χ2v) is 22.5. The summed E-state index contributed by atoms with van der Waals surface area (Å²) in [5.41, 5.74) is 5.91. The van der Waals surface area contributed by atoms with E-state index in [4.69, 9.17) is 11.6 Å². The topological polar surface area (TPSA) is 179 Å². The van der Waals surface area contributed by atoms with Crippen LogP contribution in [-0.4, -0.2) is 102 Å². The molecule has 1 amide bonds. The minimum Gasteiger partial charge on any atom is -0.376 e. The van der Waals surface area contributed by atoms with Gasteiger partial charge in [-0.2, -0.15) is 0 Å². The molecular weight excluding hydrogens is 956 g/mol. The van der Waals surface area contributed by atoms with Gasteiger partial charge in [0.05, 0.1) is 27.3 Å². The minimum absolute atomic E-state index is 0.0734. The van der Waals surface area contributed by atoms with Gasteiger partial charge in [-0.05, 0) is 132 Å². The summed E-state index contributed by atoms with van der Waals surface area (Å²) >= 11 is 7.94. The number of anilines is 4. The number of carbonyl (C=O) groups is 1. The van der Waals surface area contributed by atoms with E-state index in [1.807, 2.05) is 119 Å². The zero-order valence-corrected chi connectivity index (χ0v) is 42.6. The predicted molar refractivity (Wildman–Crippen MR) is 280 cm³/mol. The number of hydrogen-bond acceptors (Lipinski definition) is 12. The average Bonchev–Trinajstić information content (AvgIpc) is 3.63. The van der Waals surface area contributed by atoms with E-state index in [-0.39, 0.29) is 33.9 Å². The van der Waals surface area contributed by atoms with Gasteiger partial charge in [-0.15, -0.1) is 11.8 Å². The summed E-state index contributed by atoms with van der Waals surface area (Å²) < 4.78 is 58.8. The quantitative estimate of drug-likeness (QED) is 0.0398. The normalized spacial score (nSPS) is 13.7. The van der Waals surface area contributed by atoms with Gasteiger partial charge >= 0.3 is 0 Å². The number of thioether (sulfide) groups is 1. The lowest BCUT2D eigenvalue weighted by molar-refractivity contribution is -0.384. The molecule has 1 atom stereocenters. The molecular formula is C50H57ClN8O7S3. The van der Waals surface area contributed by atoms with Gasteiger partial charge in [0.15, 0.2) is 0 Å². The van der Waals surface area contributed by atoms with E-state index in [0.717, 1.165) is 52.0 Å². The van der Waals surface area contributed by atoms with Crippen LogP contribution in [-0.2, 0) is 20.0 Å². The Balaban J connectivity index is 1.05. The summed E-state index contributed by atoms with van der Waals surface area (Å²) in [5.74, 6) is -0.0596. The number of aromatic nitrogens is 1. The molecule has 1 aromatic heterocycles. The van der Waals surface area contributed by atoms with Crippen LogP contribution in [0.2, 0.25) is 5.02 Å². The van der Waals surface area contributed by atoms with E-state index >= 15 is 0 Å². The lowest BCUT2D eigenvalue weighted by Crippen LogP contribution is -2.46. The van der Waals surface area contributed by atoms with Crippen LogP contribution in [0, 0.1) is 17.0 Å². The number of benzene rings is 5. The molecule has 1 fully saturated rings. The second kappa shape index (κ2) is 21.7. The fraction of sp³-hybridized carbons (Fsp3) is 0.300. The molecule has 0 unspecified atom stereocenters. The van der Waals surface area contributed by atoms with Crippen LogP contribution in [0.5, 0.6) is 0 Å². The Morgan fingerprint density at radius 1 is 0.826 bits per heavy atom. The van der Waals surface area contributed by atoms with Crippen LogP contribution in [0.4, 0.5) is 28.4 Å². The molecule has 0 saturated carbocycles. The van der Waals surface area contributed by atoms with E-state index in [9.17, 15) is 31.7 Å². The van der Waals surface area contributed by atoms with Crippen LogP contribution in [0.25, 0.3) is 22.4 Å². The number of sulfonamides is 2. The Labute approximate surface area is 414 Å². The van der Waals surface area contributed by atoms with Crippen molar-refractivity contribution < 1.29 is 26.6 Å². The van der Waals surface area contributed by atoms with Gasteiger partial charge in [0.25, 0.3) is 21.6 Å². The van der Waals surface area contributed by atoms with Gasteiger partial charge in [0.1, 0.15) is 5.69 Å². The maximum atomic E-state index is 13.8. The molecule has 7 rings (SSSR count). The van der Waals surface area contributed by atoms with E-state index < -0.39 is 30.9 Å². The summed E-state index contributed by atoms with van der Waals surface area (Å²) in [6.07, 6.45) is 1.68. The van der Waals surface area contributed by atoms with Crippen LogP contribution in [0.15, 0.2) is 131 Å². The summed E-state index contributed by atoms with van der Waals surface area (Å²) in [7, 11) is -4.13. The highest BCUT2D eigenvalue weighted by Gasteiger charge is 2.30. The monoisotopic (exact) mass is 1010 g/mol. The Morgan fingerprint density at radius 2 is 1.48 bits per heavy atom. The Hall–Kier alpha value is -6.05. The van der Waals surface area contributed by atoms with Crippen molar-refractivity contribution in [1.82, 2.24) is 14.2 Å². The van der Waals surface area contributed by atoms with E-state index in [1.54, 1.807) is 36.0 Å². The molecule has 0 aliphatic carbocycles. The SMILES string of the molecule is Cc1c(C(=O)NS(C)(=O)=O)c(-c2cccc(N3CCN(c4ccc(NS(=O)(=O)c5ccc(N[C@@H](CCN(C)C)CSc6ccccc6)c([N+](=O)[O-])c5)cc4)CC3)c2)c(-c2ccc(Cl)cc2)n1C(C)C. The first kappa shape index (κ1) is 50.8. The van der Waals surface area contributed by atoms with Crippen LogP contribution in [0.3, 0.4) is 0 Å². The van der Waals surface area contributed by atoms with Crippen molar-refractivity contribution in [3.63, 3.8) is 0 Å². The first-order chi connectivity index (χ1) is 32.8. The molecule has 0 spiro atoms. The molecule has 3 N–H and O–H groups in total. The molecule has 15 nitrogen and oxygen atoms in total. The molecule has 2 heterocycles. The molecule has 0 bridgehead atoms. The van der Waals surface area contributed by atoms with Gasteiger partial charge in [0.2, 0.25) is 10.0 Å². The number of carbonyl (C=O) groups excluding carboxylic acids is 1. The first-order valence-corrected chi connectivity index (χ1v) is 27.2. The number of rotatable bonds is 19. The third-order valence-corrected chi connectivity index (χ3v) is 15.2. The summed E-state index contributed by atoms with van der Waals surface area (Å²) in [5, 5.41) is 16.2. The smallest absolute Gasteiger partial charge is 0.293 e. The lowest BCUT2D eigenvalue weighted by atomic mass is 9.96. The number of nitro groups is 1. The van der Waals surface area contributed by atoms with Crippen molar-refractivity contribution in [3.8, 4) is 22.4 Å². The highest BCUT2D eigenvalue weighted by atomic mass is 35.5. The number of halogens is 1. The summed E-state index contributed by atoms with van der Waals surface area (Å²) in [6.45, 7) is 9.23. The summed E-state index contributed by atoms with van der Waals surface area (Å²) in [4.78, 5) is 32.9. The average molecular weight is 1010 g/mol. The molecule has 1 aliphatic rings. The van der Waals surface area contributed by atoms with Crippen molar-refractivity contribution >= 4 is 77.8 Å². The maximum Gasteiger partial charge on any atom is 0.293 e. The standard InChI is InChI=1S/C50H57ClN8O7S3/c1-34(2)58-35(3)47(50(60)54-68(6,63)64)48(49(58)36-15-17-38(51)18-16-36)37-11-10-12-42(31-37)57-29-27-56(28-30-57)41-21-19-39(20-22-41)53-69(65,66)44-23-24-45(46(32-44)59(61)62)52-40(25-26-55(4)5)33-67-43-13-8-7-9-14-43/h7-24,31-32,34,40,52-53H,25-30,33H2,1-6H3,(H,54,60)/t40-/m0/s1. The lowest BCUT2D eigenvalue weighted by Gasteiger charge is -2.37.